The van der Waals surface area contributed by atoms with Crippen molar-refractivity contribution in [3.05, 3.63) is 47.1 Å². The van der Waals surface area contributed by atoms with E-state index in [1.54, 1.807) is 12.1 Å². The summed E-state index contributed by atoms with van der Waals surface area (Å²) in [5.41, 5.74) is 0. The number of fused-ring (bicyclic) bond motifs is 1. The Balaban J connectivity index is 1.66. The maximum absolute atomic E-state index is 13.1. The lowest BCUT2D eigenvalue weighted by atomic mass is 10.2. The average molecular weight is 290 g/mol. The van der Waals surface area contributed by atoms with Gasteiger partial charge in [-0.15, -0.1) is 11.3 Å². The molecule has 3 rings (SSSR count). The predicted octanol–water partition coefficient (Wildman–Crippen LogP) is 2.13. The standard InChI is InChI=1S/C13H11FN4OS/c14-9-1-2-10-8(5-9)6-11(20-10)13(19)15-4-3-12-16-7-17-18-12/h1-2,5-7H,3-4H2,(H,15,19)(H,16,17,18). The Kier molecular flexibility index (Phi) is 3.42. The summed E-state index contributed by atoms with van der Waals surface area (Å²) in [6.07, 6.45) is 2.02. The lowest BCUT2D eigenvalue weighted by molar-refractivity contribution is 0.0958. The highest BCUT2D eigenvalue weighted by molar-refractivity contribution is 7.20. The molecule has 3 aromatic rings. The van der Waals surface area contributed by atoms with Crippen molar-refractivity contribution in [1.29, 1.82) is 0 Å². The highest BCUT2D eigenvalue weighted by Crippen LogP contribution is 2.26. The summed E-state index contributed by atoms with van der Waals surface area (Å²) in [5, 5.41) is 10.0. The van der Waals surface area contributed by atoms with Crippen molar-refractivity contribution in [2.75, 3.05) is 6.54 Å². The number of carbonyl (C=O) groups excluding carboxylic acids is 1. The van der Waals surface area contributed by atoms with Crippen LogP contribution in [-0.2, 0) is 6.42 Å². The van der Waals surface area contributed by atoms with Crippen LogP contribution in [0.4, 0.5) is 4.39 Å². The molecule has 0 saturated carbocycles. The molecule has 0 unspecified atom stereocenters. The molecule has 102 valence electrons. The Hall–Kier alpha value is -2.28. The highest BCUT2D eigenvalue weighted by atomic mass is 32.1. The number of thiophene rings is 1. The van der Waals surface area contributed by atoms with Crippen molar-refractivity contribution in [3.63, 3.8) is 0 Å². The molecule has 20 heavy (non-hydrogen) atoms. The quantitative estimate of drug-likeness (QED) is 0.773. The monoisotopic (exact) mass is 290 g/mol. The first-order valence-corrected chi connectivity index (χ1v) is 6.85. The fourth-order valence-electron chi connectivity index (χ4n) is 1.86. The average Bonchev–Trinajstić information content (AvgIpc) is 3.06. The zero-order chi connectivity index (χ0) is 13.9. The third-order valence-corrected chi connectivity index (χ3v) is 3.93. The zero-order valence-electron chi connectivity index (χ0n) is 10.4. The summed E-state index contributed by atoms with van der Waals surface area (Å²) in [5.74, 6) is 0.266. The summed E-state index contributed by atoms with van der Waals surface area (Å²) in [7, 11) is 0. The van der Waals surface area contributed by atoms with E-state index in [1.165, 1.54) is 29.8 Å². The molecule has 0 bridgehead atoms. The van der Waals surface area contributed by atoms with Crippen molar-refractivity contribution < 1.29 is 9.18 Å². The molecule has 2 aromatic heterocycles. The molecule has 0 spiro atoms. The summed E-state index contributed by atoms with van der Waals surface area (Å²) in [4.78, 5) is 16.5. The van der Waals surface area contributed by atoms with Gasteiger partial charge in [0, 0.05) is 17.7 Å². The van der Waals surface area contributed by atoms with Gasteiger partial charge in [0.15, 0.2) is 0 Å². The molecule has 0 aliphatic heterocycles. The van der Waals surface area contributed by atoms with Crippen molar-refractivity contribution in [1.82, 2.24) is 20.5 Å². The highest BCUT2D eigenvalue weighted by Gasteiger charge is 2.10. The second kappa shape index (κ2) is 5.38. The van der Waals surface area contributed by atoms with Crippen molar-refractivity contribution in [2.45, 2.75) is 6.42 Å². The molecule has 0 saturated heterocycles. The van der Waals surface area contributed by atoms with Crippen molar-refractivity contribution in [2.24, 2.45) is 0 Å². The van der Waals surface area contributed by atoms with Gasteiger partial charge in [-0.1, -0.05) is 0 Å². The number of hydrogen-bond acceptors (Lipinski definition) is 4. The lowest BCUT2D eigenvalue weighted by Crippen LogP contribution is -2.25. The van der Waals surface area contributed by atoms with E-state index in [1.807, 2.05) is 0 Å². The number of hydrogen-bond donors (Lipinski definition) is 2. The smallest absolute Gasteiger partial charge is 0.261 e. The molecule has 0 aliphatic rings. The molecule has 5 nitrogen and oxygen atoms in total. The first-order valence-electron chi connectivity index (χ1n) is 6.04. The summed E-state index contributed by atoms with van der Waals surface area (Å²) < 4.78 is 14.0. The number of nitrogens with one attached hydrogen (secondary N) is 2. The van der Waals surface area contributed by atoms with E-state index in [-0.39, 0.29) is 11.7 Å². The third kappa shape index (κ3) is 2.67. The van der Waals surface area contributed by atoms with Gasteiger partial charge in [0.2, 0.25) is 0 Å². The minimum absolute atomic E-state index is 0.161. The number of carbonyl (C=O) groups is 1. The first kappa shape index (κ1) is 12.7. The van der Waals surface area contributed by atoms with Crippen molar-refractivity contribution >= 4 is 27.3 Å². The van der Waals surface area contributed by atoms with Gasteiger partial charge in [0.25, 0.3) is 5.91 Å². The number of aromatic amines is 1. The molecule has 2 heterocycles. The molecule has 1 aromatic carbocycles. The van der Waals surface area contributed by atoms with Gasteiger partial charge in [-0.3, -0.25) is 9.89 Å². The number of H-pyrrole nitrogens is 1. The van der Waals surface area contributed by atoms with Crippen LogP contribution in [0.25, 0.3) is 10.1 Å². The topological polar surface area (TPSA) is 70.7 Å². The SMILES string of the molecule is O=C(NCCc1ncn[nH]1)c1cc2cc(F)ccc2s1. The molecule has 0 radical (unpaired) electrons. The third-order valence-electron chi connectivity index (χ3n) is 2.81. The first-order chi connectivity index (χ1) is 9.72. The second-order valence-electron chi connectivity index (χ2n) is 4.23. The van der Waals surface area contributed by atoms with Crippen LogP contribution in [0, 0.1) is 5.82 Å². The minimum atomic E-state index is -0.299. The van der Waals surface area contributed by atoms with E-state index in [9.17, 15) is 9.18 Å². The summed E-state index contributed by atoms with van der Waals surface area (Å²) in [6.45, 7) is 0.469. The van der Waals surface area contributed by atoms with Gasteiger partial charge in [0.05, 0.1) is 4.88 Å². The molecule has 7 heteroatoms. The van der Waals surface area contributed by atoms with Crippen LogP contribution in [0.1, 0.15) is 15.5 Å². The van der Waals surface area contributed by atoms with E-state index in [0.29, 0.717) is 17.8 Å². The minimum Gasteiger partial charge on any atom is -0.351 e. The van der Waals surface area contributed by atoms with Crippen LogP contribution in [0.3, 0.4) is 0 Å². The van der Waals surface area contributed by atoms with Gasteiger partial charge in [-0.2, -0.15) is 5.10 Å². The van der Waals surface area contributed by atoms with E-state index in [4.69, 9.17) is 0 Å². The van der Waals surface area contributed by atoms with Gasteiger partial charge >= 0.3 is 0 Å². The maximum Gasteiger partial charge on any atom is 0.261 e. The van der Waals surface area contributed by atoms with E-state index < -0.39 is 0 Å². The molecule has 1 amide bonds. The Bertz CT molecular complexity index is 738. The van der Waals surface area contributed by atoms with Crippen LogP contribution < -0.4 is 5.32 Å². The Morgan fingerprint density at radius 2 is 2.30 bits per heavy atom. The van der Waals surface area contributed by atoms with E-state index in [0.717, 1.165) is 15.9 Å². The van der Waals surface area contributed by atoms with E-state index >= 15 is 0 Å². The van der Waals surface area contributed by atoms with Crippen LogP contribution >= 0.6 is 11.3 Å². The van der Waals surface area contributed by atoms with Crippen molar-refractivity contribution in [3.8, 4) is 0 Å². The number of halogens is 1. The zero-order valence-corrected chi connectivity index (χ0v) is 11.2. The van der Waals surface area contributed by atoms with Gasteiger partial charge in [-0.25, -0.2) is 9.37 Å². The van der Waals surface area contributed by atoms with E-state index in [2.05, 4.69) is 20.5 Å². The van der Waals surface area contributed by atoms with Gasteiger partial charge in [0.1, 0.15) is 18.0 Å². The Morgan fingerprint density at radius 3 is 3.10 bits per heavy atom. The number of benzene rings is 1. The number of aromatic nitrogens is 3. The van der Waals surface area contributed by atoms with Gasteiger partial charge in [-0.05, 0) is 29.7 Å². The number of amides is 1. The van der Waals surface area contributed by atoms with Crippen LogP contribution in [0.5, 0.6) is 0 Å². The Morgan fingerprint density at radius 1 is 1.40 bits per heavy atom. The normalized spacial score (nSPS) is 10.8. The predicted molar refractivity (Wildman–Crippen MR) is 74.2 cm³/mol. The van der Waals surface area contributed by atoms with Crippen LogP contribution in [0.2, 0.25) is 0 Å². The van der Waals surface area contributed by atoms with Gasteiger partial charge < -0.3 is 5.32 Å². The fraction of sp³-hybridized carbons (Fsp3) is 0.154. The Labute approximate surface area is 117 Å². The second-order valence-corrected chi connectivity index (χ2v) is 5.31. The summed E-state index contributed by atoms with van der Waals surface area (Å²) >= 11 is 1.35. The molecular weight excluding hydrogens is 279 g/mol. The van der Waals surface area contributed by atoms with Crippen LogP contribution in [-0.4, -0.2) is 27.6 Å². The molecule has 2 N–H and O–H groups in total. The fourth-order valence-corrected chi connectivity index (χ4v) is 2.82. The summed E-state index contributed by atoms with van der Waals surface area (Å²) in [6, 6.07) is 6.20. The molecule has 0 aliphatic carbocycles. The lowest BCUT2D eigenvalue weighted by Gasteiger charge is -2.00. The molecule has 0 fully saturated rings. The molecule has 0 atom stereocenters. The maximum atomic E-state index is 13.1. The number of rotatable bonds is 4. The molecular formula is C13H11FN4OS. The number of nitrogens with zero attached hydrogens (tertiary/aromatic N) is 2. The largest absolute Gasteiger partial charge is 0.351 e. The van der Waals surface area contributed by atoms with Crippen LogP contribution in [0.15, 0.2) is 30.6 Å².